The van der Waals surface area contributed by atoms with Crippen LogP contribution in [0.5, 0.6) is 0 Å². The van der Waals surface area contributed by atoms with Gasteiger partial charge in [0.1, 0.15) is 0 Å². The summed E-state index contributed by atoms with van der Waals surface area (Å²) in [6.45, 7) is 6.87. The summed E-state index contributed by atoms with van der Waals surface area (Å²) in [6.07, 6.45) is -0.0579. The predicted molar refractivity (Wildman–Crippen MR) is 60.3 cm³/mol. The number of rotatable bonds is 6. The average Bonchev–Trinajstić information content (AvgIpc) is 3.04. The summed E-state index contributed by atoms with van der Waals surface area (Å²) >= 11 is 0. The van der Waals surface area contributed by atoms with Crippen molar-refractivity contribution in [3.05, 3.63) is 0 Å². The van der Waals surface area contributed by atoms with Crippen molar-refractivity contribution in [2.45, 2.75) is 26.1 Å². The van der Waals surface area contributed by atoms with Crippen LogP contribution in [0.4, 0.5) is 0 Å². The summed E-state index contributed by atoms with van der Waals surface area (Å²) in [7, 11) is -2.91. The van der Waals surface area contributed by atoms with Gasteiger partial charge in [-0.15, -0.1) is 0 Å². The maximum Gasteiger partial charge on any atom is 0.155 e. The molecule has 0 bridgehead atoms. The van der Waals surface area contributed by atoms with Gasteiger partial charge in [-0.2, -0.15) is 0 Å². The first-order chi connectivity index (χ1) is 7.57. The molecule has 2 aliphatic rings. The maximum absolute atomic E-state index is 11.2. The highest BCUT2D eigenvalue weighted by Gasteiger charge is 2.34. The molecule has 96 valence electrons. The zero-order valence-electron chi connectivity index (χ0n) is 9.85. The number of hydrogen-bond donors (Lipinski definition) is 0. The van der Waals surface area contributed by atoms with Crippen molar-refractivity contribution >= 4 is 9.84 Å². The van der Waals surface area contributed by atoms with Gasteiger partial charge in [0.25, 0.3) is 0 Å². The first kappa shape index (κ1) is 13.9. The summed E-state index contributed by atoms with van der Waals surface area (Å²) in [5, 5.41) is 0. The van der Waals surface area contributed by atoms with Crippen LogP contribution in [0.3, 0.4) is 0 Å². The maximum atomic E-state index is 11.2. The first-order valence-corrected chi connectivity index (χ1v) is 7.41. The topological polar surface area (TPSA) is 68.4 Å². The minimum absolute atomic E-state index is 0.0289. The highest BCUT2D eigenvalue weighted by atomic mass is 32.2. The lowest BCUT2D eigenvalue weighted by molar-refractivity contribution is 0.162. The van der Waals surface area contributed by atoms with Gasteiger partial charge < -0.3 is 14.2 Å². The zero-order valence-corrected chi connectivity index (χ0v) is 10.7. The molecule has 5 nitrogen and oxygen atoms in total. The first-order valence-electron chi connectivity index (χ1n) is 5.58. The number of ether oxygens (including phenoxy) is 3. The molecule has 2 saturated heterocycles. The van der Waals surface area contributed by atoms with Gasteiger partial charge in [-0.1, -0.05) is 0 Å². The molecule has 2 aliphatic heterocycles. The molecular weight excluding hydrogens is 232 g/mol. The molecule has 0 aromatic rings. The molecule has 2 fully saturated rings. The van der Waals surface area contributed by atoms with E-state index in [1.807, 2.05) is 13.8 Å². The molecule has 16 heavy (non-hydrogen) atoms. The van der Waals surface area contributed by atoms with E-state index in [0.29, 0.717) is 13.2 Å². The van der Waals surface area contributed by atoms with Crippen LogP contribution in [0.2, 0.25) is 0 Å². The molecule has 2 rings (SSSR count). The largest absolute Gasteiger partial charge is 0.382 e. The molecule has 2 unspecified atom stereocenters. The van der Waals surface area contributed by atoms with Gasteiger partial charge in [0.2, 0.25) is 0 Å². The van der Waals surface area contributed by atoms with Gasteiger partial charge in [-0.3, -0.25) is 0 Å². The third-order valence-corrected chi connectivity index (χ3v) is 3.85. The molecule has 0 saturated carbocycles. The standard InChI is InChI=1S/C6H10O4S.C4H10O/c7-11(8,3-5-1-9-5)4-6-2-10-6;1-3-5-4-2/h5-6H,1-4H2;3-4H2,1-2H3. The lowest BCUT2D eigenvalue weighted by atomic mass is 10.6. The molecular formula is C10H20O5S. The second kappa shape index (κ2) is 6.54. The van der Waals surface area contributed by atoms with Crippen LogP contribution in [-0.2, 0) is 24.0 Å². The highest BCUT2D eigenvalue weighted by molar-refractivity contribution is 7.91. The van der Waals surface area contributed by atoms with Gasteiger partial charge in [-0.05, 0) is 13.8 Å². The van der Waals surface area contributed by atoms with E-state index >= 15 is 0 Å². The van der Waals surface area contributed by atoms with Crippen molar-refractivity contribution in [1.82, 2.24) is 0 Å². The molecule has 2 heterocycles. The van der Waals surface area contributed by atoms with Crippen molar-refractivity contribution in [1.29, 1.82) is 0 Å². The smallest absolute Gasteiger partial charge is 0.155 e. The van der Waals surface area contributed by atoms with Gasteiger partial charge in [-0.25, -0.2) is 8.42 Å². The molecule has 2 atom stereocenters. The average molecular weight is 252 g/mol. The van der Waals surface area contributed by atoms with E-state index in [1.165, 1.54) is 0 Å². The SMILES string of the molecule is CCOCC.O=S(=O)(CC1CO1)CC1CO1. The highest BCUT2D eigenvalue weighted by Crippen LogP contribution is 2.16. The Morgan fingerprint density at radius 1 is 1.06 bits per heavy atom. The van der Waals surface area contributed by atoms with E-state index in [0.717, 1.165) is 13.2 Å². The normalized spacial score (nSPS) is 26.9. The minimum atomic E-state index is -2.91. The Morgan fingerprint density at radius 2 is 1.44 bits per heavy atom. The monoisotopic (exact) mass is 252 g/mol. The second-order valence-corrected chi connectivity index (χ2v) is 5.92. The fourth-order valence-corrected chi connectivity index (χ4v) is 2.82. The summed E-state index contributed by atoms with van der Waals surface area (Å²) in [6, 6.07) is 0. The number of epoxide rings is 2. The summed E-state index contributed by atoms with van der Waals surface area (Å²) in [5.74, 6) is 0.347. The van der Waals surface area contributed by atoms with Crippen LogP contribution < -0.4 is 0 Å². The number of hydrogen-bond acceptors (Lipinski definition) is 5. The molecule has 0 aliphatic carbocycles. The van der Waals surface area contributed by atoms with Crippen molar-refractivity contribution < 1.29 is 22.6 Å². The molecule has 0 spiro atoms. The Labute approximate surface area is 97.0 Å². The Bertz CT molecular complexity index is 258. The van der Waals surface area contributed by atoms with Crippen LogP contribution in [0.1, 0.15) is 13.8 Å². The van der Waals surface area contributed by atoms with E-state index in [2.05, 4.69) is 0 Å². The Morgan fingerprint density at radius 3 is 1.62 bits per heavy atom. The quantitative estimate of drug-likeness (QED) is 0.633. The zero-order chi connectivity index (χ0) is 12.0. The van der Waals surface area contributed by atoms with Crippen molar-refractivity contribution in [3.63, 3.8) is 0 Å². The third-order valence-electron chi connectivity index (χ3n) is 2.09. The molecule has 0 N–H and O–H groups in total. The van der Waals surface area contributed by atoms with Gasteiger partial charge in [0.15, 0.2) is 9.84 Å². The Kier molecular flexibility index (Phi) is 5.68. The summed E-state index contributed by atoms with van der Waals surface area (Å²) in [4.78, 5) is 0. The van der Waals surface area contributed by atoms with Crippen LogP contribution in [0.25, 0.3) is 0 Å². The van der Waals surface area contributed by atoms with Crippen molar-refractivity contribution in [2.24, 2.45) is 0 Å². The van der Waals surface area contributed by atoms with Crippen LogP contribution in [0, 0.1) is 0 Å². The molecule has 0 radical (unpaired) electrons. The van der Waals surface area contributed by atoms with E-state index in [9.17, 15) is 8.42 Å². The van der Waals surface area contributed by atoms with E-state index in [4.69, 9.17) is 14.2 Å². The third kappa shape index (κ3) is 7.16. The van der Waals surface area contributed by atoms with Crippen LogP contribution in [0.15, 0.2) is 0 Å². The Balaban J connectivity index is 0.000000221. The van der Waals surface area contributed by atoms with E-state index in [-0.39, 0.29) is 23.7 Å². The summed E-state index contributed by atoms with van der Waals surface area (Å²) < 4.78 is 36.8. The minimum Gasteiger partial charge on any atom is -0.382 e. The van der Waals surface area contributed by atoms with E-state index < -0.39 is 9.84 Å². The Hall–Kier alpha value is -0.170. The predicted octanol–water partition coefficient (Wildman–Crippen LogP) is 0.242. The van der Waals surface area contributed by atoms with Gasteiger partial charge >= 0.3 is 0 Å². The lowest BCUT2D eigenvalue weighted by Crippen LogP contribution is -2.18. The molecule has 0 amide bonds. The second-order valence-electron chi connectivity index (χ2n) is 3.77. The van der Waals surface area contributed by atoms with Crippen molar-refractivity contribution in [2.75, 3.05) is 37.9 Å². The van der Waals surface area contributed by atoms with Crippen LogP contribution >= 0.6 is 0 Å². The lowest BCUT2D eigenvalue weighted by Gasteiger charge is -1.96. The molecule has 0 aromatic carbocycles. The molecule has 0 aromatic heterocycles. The fourth-order valence-electron chi connectivity index (χ4n) is 1.17. The molecule has 6 heteroatoms. The van der Waals surface area contributed by atoms with E-state index in [1.54, 1.807) is 0 Å². The van der Waals surface area contributed by atoms with Gasteiger partial charge in [0.05, 0.1) is 36.9 Å². The van der Waals surface area contributed by atoms with Crippen molar-refractivity contribution in [3.8, 4) is 0 Å². The number of sulfone groups is 1. The summed E-state index contributed by atoms with van der Waals surface area (Å²) in [5.41, 5.74) is 0. The fraction of sp³-hybridized carbons (Fsp3) is 1.00. The van der Waals surface area contributed by atoms with Gasteiger partial charge in [0, 0.05) is 13.2 Å². The van der Waals surface area contributed by atoms with Crippen LogP contribution in [-0.4, -0.2) is 58.6 Å².